The van der Waals surface area contributed by atoms with Crippen molar-refractivity contribution in [3.8, 4) is 0 Å². The summed E-state index contributed by atoms with van der Waals surface area (Å²) < 4.78 is 1.64. The summed E-state index contributed by atoms with van der Waals surface area (Å²) in [5.74, 6) is -0.120. The molecule has 2 aromatic rings. The van der Waals surface area contributed by atoms with Gasteiger partial charge in [-0.15, -0.1) is 0 Å². The van der Waals surface area contributed by atoms with E-state index in [4.69, 9.17) is 0 Å². The van der Waals surface area contributed by atoms with E-state index >= 15 is 0 Å². The maximum Gasteiger partial charge on any atom is 0.273 e. The van der Waals surface area contributed by atoms with Crippen molar-refractivity contribution in [3.63, 3.8) is 0 Å². The van der Waals surface area contributed by atoms with E-state index in [-0.39, 0.29) is 5.91 Å². The lowest BCUT2D eigenvalue weighted by atomic mass is 10.1. The van der Waals surface area contributed by atoms with Gasteiger partial charge in [0.1, 0.15) is 5.69 Å². The first-order valence-electron chi connectivity index (χ1n) is 6.92. The third-order valence-corrected chi connectivity index (χ3v) is 3.43. The molecule has 0 spiro atoms. The molecular weight excluding hydrogens is 250 g/mol. The molecule has 2 rings (SSSR count). The van der Waals surface area contributed by atoms with Gasteiger partial charge in [-0.05, 0) is 49.6 Å². The van der Waals surface area contributed by atoms with E-state index in [9.17, 15) is 4.79 Å². The van der Waals surface area contributed by atoms with Crippen LogP contribution >= 0.6 is 0 Å². The van der Waals surface area contributed by atoms with Crippen LogP contribution in [0, 0.1) is 13.8 Å². The molecule has 0 bridgehead atoms. The average Bonchev–Trinajstić information content (AvgIpc) is 2.75. The van der Waals surface area contributed by atoms with E-state index in [0.717, 1.165) is 24.2 Å². The Hall–Kier alpha value is -2.10. The summed E-state index contributed by atoms with van der Waals surface area (Å²) in [6, 6.07) is 7.77. The number of nitrogens with zero attached hydrogens (tertiary/aromatic N) is 2. The van der Waals surface area contributed by atoms with Crippen LogP contribution in [-0.4, -0.2) is 15.7 Å². The molecular formula is C16H21N3O. The third kappa shape index (κ3) is 3.07. The van der Waals surface area contributed by atoms with Gasteiger partial charge in [0.25, 0.3) is 5.91 Å². The second-order valence-corrected chi connectivity index (χ2v) is 5.15. The molecule has 1 N–H and O–H groups in total. The zero-order valence-corrected chi connectivity index (χ0v) is 12.5. The smallest absolute Gasteiger partial charge is 0.273 e. The Bertz CT molecular complexity index is 629. The first-order valence-corrected chi connectivity index (χ1v) is 6.92. The lowest BCUT2D eigenvalue weighted by molar-refractivity contribution is 0.101. The molecule has 4 nitrogen and oxygen atoms in total. The Kier molecular flexibility index (Phi) is 4.23. The molecule has 106 valence electrons. The molecule has 1 heterocycles. The first-order chi connectivity index (χ1) is 9.51. The van der Waals surface area contributed by atoms with Crippen molar-refractivity contribution >= 4 is 11.6 Å². The Morgan fingerprint density at radius 1 is 1.25 bits per heavy atom. The summed E-state index contributed by atoms with van der Waals surface area (Å²) in [5, 5.41) is 7.27. The van der Waals surface area contributed by atoms with Crippen molar-refractivity contribution in [2.24, 2.45) is 7.05 Å². The molecule has 20 heavy (non-hydrogen) atoms. The van der Waals surface area contributed by atoms with Crippen LogP contribution < -0.4 is 5.32 Å². The van der Waals surface area contributed by atoms with Gasteiger partial charge < -0.3 is 5.32 Å². The van der Waals surface area contributed by atoms with Crippen LogP contribution in [0.1, 0.15) is 40.7 Å². The molecule has 0 aliphatic carbocycles. The molecule has 0 fully saturated rings. The number of aryl methyl sites for hydroxylation is 4. The fourth-order valence-electron chi connectivity index (χ4n) is 2.13. The number of amides is 1. The minimum absolute atomic E-state index is 0.120. The second-order valence-electron chi connectivity index (χ2n) is 5.15. The number of rotatable bonds is 4. The summed E-state index contributed by atoms with van der Waals surface area (Å²) in [6.45, 7) is 6.19. The lowest BCUT2D eigenvalue weighted by Crippen LogP contribution is -2.16. The Balaban J connectivity index is 2.17. The van der Waals surface area contributed by atoms with Crippen LogP contribution in [0.15, 0.2) is 24.3 Å². The minimum Gasteiger partial charge on any atom is -0.321 e. The van der Waals surface area contributed by atoms with E-state index in [1.165, 1.54) is 11.1 Å². The Morgan fingerprint density at radius 3 is 2.65 bits per heavy atom. The van der Waals surface area contributed by atoms with Crippen molar-refractivity contribution in [3.05, 3.63) is 46.8 Å². The Labute approximate surface area is 119 Å². The van der Waals surface area contributed by atoms with Crippen LogP contribution in [0.2, 0.25) is 0 Å². The SMILES string of the molecule is CCCc1cc(C(=O)Nc2ccc(C)c(C)c2)n(C)n1. The molecule has 0 unspecified atom stereocenters. The summed E-state index contributed by atoms with van der Waals surface area (Å²) in [6.07, 6.45) is 1.92. The van der Waals surface area contributed by atoms with E-state index < -0.39 is 0 Å². The highest BCUT2D eigenvalue weighted by molar-refractivity contribution is 6.03. The topological polar surface area (TPSA) is 46.9 Å². The number of benzene rings is 1. The van der Waals surface area contributed by atoms with Crippen LogP contribution in [0.5, 0.6) is 0 Å². The van der Waals surface area contributed by atoms with Gasteiger partial charge in [0.05, 0.1) is 5.69 Å². The monoisotopic (exact) mass is 271 g/mol. The van der Waals surface area contributed by atoms with Crippen LogP contribution in [0.25, 0.3) is 0 Å². The van der Waals surface area contributed by atoms with Crippen molar-refractivity contribution < 1.29 is 4.79 Å². The minimum atomic E-state index is -0.120. The summed E-state index contributed by atoms with van der Waals surface area (Å²) in [5.41, 5.74) is 4.75. The second kappa shape index (κ2) is 5.90. The molecule has 1 aromatic heterocycles. The molecule has 1 amide bonds. The maximum atomic E-state index is 12.3. The standard InChI is InChI=1S/C16H21N3O/c1-5-6-14-10-15(19(4)18-14)16(20)17-13-8-7-11(2)12(3)9-13/h7-10H,5-6H2,1-4H3,(H,17,20). The highest BCUT2D eigenvalue weighted by Gasteiger charge is 2.13. The zero-order valence-electron chi connectivity index (χ0n) is 12.5. The average molecular weight is 271 g/mol. The Morgan fingerprint density at radius 2 is 2.00 bits per heavy atom. The van der Waals surface area contributed by atoms with E-state index in [0.29, 0.717) is 5.69 Å². The molecule has 0 aliphatic rings. The van der Waals surface area contributed by atoms with E-state index in [2.05, 4.69) is 24.3 Å². The van der Waals surface area contributed by atoms with Gasteiger partial charge in [-0.25, -0.2) is 0 Å². The van der Waals surface area contributed by atoms with Gasteiger partial charge >= 0.3 is 0 Å². The van der Waals surface area contributed by atoms with Crippen molar-refractivity contribution in [1.29, 1.82) is 0 Å². The summed E-state index contributed by atoms with van der Waals surface area (Å²) in [4.78, 5) is 12.3. The largest absolute Gasteiger partial charge is 0.321 e. The van der Waals surface area contributed by atoms with Crippen molar-refractivity contribution in [2.75, 3.05) is 5.32 Å². The lowest BCUT2D eigenvalue weighted by Gasteiger charge is -2.07. The predicted octanol–water partition coefficient (Wildman–Crippen LogP) is 3.24. The number of anilines is 1. The molecule has 0 aliphatic heterocycles. The van der Waals surface area contributed by atoms with Crippen molar-refractivity contribution in [1.82, 2.24) is 9.78 Å². The predicted molar refractivity (Wildman–Crippen MR) is 81.1 cm³/mol. The van der Waals surface area contributed by atoms with Crippen LogP contribution in [-0.2, 0) is 13.5 Å². The van der Waals surface area contributed by atoms with Crippen LogP contribution in [0.3, 0.4) is 0 Å². The van der Waals surface area contributed by atoms with Gasteiger partial charge in [0.15, 0.2) is 0 Å². The quantitative estimate of drug-likeness (QED) is 0.928. The fraction of sp³-hybridized carbons (Fsp3) is 0.375. The highest BCUT2D eigenvalue weighted by atomic mass is 16.2. The summed E-state index contributed by atoms with van der Waals surface area (Å²) >= 11 is 0. The fourth-order valence-corrected chi connectivity index (χ4v) is 2.13. The zero-order chi connectivity index (χ0) is 14.7. The highest BCUT2D eigenvalue weighted by Crippen LogP contribution is 2.15. The molecule has 0 radical (unpaired) electrons. The number of carbonyl (C=O) groups excluding carboxylic acids is 1. The third-order valence-electron chi connectivity index (χ3n) is 3.43. The number of carbonyl (C=O) groups is 1. The van der Waals surface area contributed by atoms with Gasteiger partial charge in [0, 0.05) is 12.7 Å². The van der Waals surface area contributed by atoms with Gasteiger partial charge in [-0.1, -0.05) is 19.4 Å². The maximum absolute atomic E-state index is 12.3. The number of aromatic nitrogens is 2. The van der Waals surface area contributed by atoms with Gasteiger partial charge in [-0.2, -0.15) is 5.10 Å². The normalized spacial score (nSPS) is 10.6. The first kappa shape index (κ1) is 14.3. The molecule has 0 atom stereocenters. The van der Waals surface area contributed by atoms with Crippen molar-refractivity contribution in [2.45, 2.75) is 33.6 Å². The molecule has 0 saturated carbocycles. The number of nitrogens with one attached hydrogen (secondary N) is 1. The summed E-state index contributed by atoms with van der Waals surface area (Å²) in [7, 11) is 1.80. The van der Waals surface area contributed by atoms with E-state index in [1.807, 2.05) is 31.2 Å². The number of hydrogen-bond acceptors (Lipinski definition) is 2. The number of hydrogen-bond donors (Lipinski definition) is 1. The van der Waals surface area contributed by atoms with Gasteiger partial charge in [0.2, 0.25) is 0 Å². The molecule has 0 saturated heterocycles. The van der Waals surface area contributed by atoms with E-state index in [1.54, 1.807) is 11.7 Å². The van der Waals surface area contributed by atoms with Crippen LogP contribution in [0.4, 0.5) is 5.69 Å². The molecule has 4 heteroatoms. The van der Waals surface area contributed by atoms with Gasteiger partial charge in [-0.3, -0.25) is 9.48 Å². The molecule has 1 aromatic carbocycles.